The van der Waals surface area contributed by atoms with E-state index in [2.05, 4.69) is 31.4 Å². The van der Waals surface area contributed by atoms with Gasteiger partial charge in [0, 0.05) is 12.3 Å². The largest absolute Gasteiger partial charge is 0.506 e. The molecule has 1 aromatic carbocycles. The number of benzene rings is 1. The first-order chi connectivity index (χ1) is 12.8. The van der Waals surface area contributed by atoms with Crippen molar-refractivity contribution in [3.8, 4) is 5.75 Å². The summed E-state index contributed by atoms with van der Waals surface area (Å²) in [7, 11) is 0. The van der Waals surface area contributed by atoms with E-state index in [1.807, 2.05) is 13.8 Å². The molecule has 1 amide bonds. The maximum absolute atomic E-state index is 12.3. The van der Waals surface area contributed by atoms with Crippen molar-refractivity contribution in [2.45, 2.75) is 20.5 Å². The Morgan fingerprint density at radius 1 is 1.33 bits per heavy atom. The van der Waals surface area contributed by atoms with E-state index >= 15 is 0 Å². The number of aromatic nitrogens is 4. The van der Waals surface area contributed by atoms with Crippen molar-refractivity contribution in [2.75, 3.05) is 5.32 Å². The summed E-state index contributed by atoms with van der Waals surface area (Å²) >= 11 is 3.46. The van der Waals surface area contributed by atoms with Gasteiger partial charge in [-0.05, 0) is 41.9 Å². The van der Waals surface area contributed by atoms with Crippen LogP contribution < -0.4 is 5.32 Å². The number of nitro benzene ring substituents is 1. The lowest BCUT2D eigenvalue weighted by Gasteiger charge is -2.06. The van der Waals surface area contributed by atoms with Gasteiger partial charge < -0.3 is 10.4 Å². The fourth-order valence-corrected chi connectivity index (χ4v) is 2.72. The van der Waals surface area contributed by atoms with Gasteiger partial charge in [0.25, 0.3) is 11.6 Å². The van der Waals surface area contributed by atoms with E-state index in [0.29, 0.717) is 6.67 Å². The predicted octanol–water partition coefficient (Wildman–Crippen LogP) is 2.83. The van der Waals surface area contributed by atoms with E-state index < -0.39 is 16.6 Å². The third-order valence-electron chi connectivity index (χ3n) is 3.89. The molecular weight excluding hydrogens is 420 g/mol. The standard InChI is InChI=1S/C16H15BrN6O4/c1-9-15(17)10(2)22(19-9)8-21-6-5-13(20-21)16(25)18-12-4-3-11(23(26)27)7-14(12)24/h3-7,24H,8H2,1-2H3,(H,18,25). The molecule has 0 aliphatic heterocycles. The molecule has 0 aliphatic rings. The van der Waals surface area contributed by atoms with Gasteiger partial charge in [-0.3, -0.25) is 19.6 Å². The number of carbonyl (C=O) groups is 1. The van der Waals surface area contributed by atoms with E-state index in [0.717, 1.165) is 21.9 Å². The molecule has 140 valence electrons. The number of halogens is 1. The Hall–Kier alpha value is -3.21. The quantitative estimate of drug-likeness (QED) is 0.360. The fraction of sp³-hybridized carbons (Fsp3) is 0.188. The molecule has 10 nitrogen and oxygen atoms in total. The molecule has 0 spiro atoms. The van der Waals surface area contributed by atoms with Crippen LogP contribution in [0.2, 0.25) is 0 Å². The van der Waals surface area contributed by atoms with Gasteiger partial charge in [-0.15, -0.1) is 0 Å². The van der Waals surface area contributed by atoms with Gasteiger partial charge in [-0.2, -0.15) is 10.2 Å². The van der Waals surface area contributed by atoms with Crippen molar-refractivity contribution in [3.63, 3.8) is 0 Å². The van der Waals surface area contributed by atoms with Crippen molar-refractivity contribution < 1.29 is 14.8 Å². The number of phenolic OH excluding ortho intramolecular Hbond substituents is 1. The molecule has 2 aromatic heterocycles. The average molecular weight is 435 g/mol. The van der Waals surface area contributed by atoms with Crippen molar-refractivity contribution >= 4 is 33.2 Å². The number of aryl methyl sites for hydroxylation is 1. The van der Waals surface area contributed by atoms with Gasteiger partial charge in [-0.25, -0.2) is 4.68 Å². The SMILES string of the molecule is Cc1nn(Cn2ccc(C(=O)Nc3ccc([N+](=O)[O-])cc3O)n2)c(C)c1Br. The Kier molecular flexibility index (Phi) is 4.95. The highest BCUT2D eigenvalue weighted by molar-refractivity contribution is 9.10. The maximum Gasteiger partial charge on any atom is 0.276 e. The average Bonchev–Trinajstić information content (AvgIpc) is 3.18. The fourth-order valence-electron chi connectivity index (χ4n) is 2.44. The van der Waals surface area contributed by atoms with Crippen LogP contribution in [0.25, 0.3) is 0 Å². The molecule has 0 atom stereocenters. The molecule has 0 fully saturated rings. The Balaban J connectivity index is 1.73. The summed E-state index contributed by atoms with van der Waals surface area (Å²) in [6.07, 6.45) is 1.63. The van der Waals surface area contributed by atoms with Crippen molar-refractivity contribution in [3.05, 3.63) is 62.1 Å². The lowest BCUT2D eigenvalue weighted by Crippen LogP contribution is -2.15. The van der Waals surface area contributed by atoms with Crippen LogP contribution in [0.1, 0.15) is 21.9 Å². The first-order valence-electron chi connectivity index (χ1n) is 7.78. The number of aromatic hydroxyl groups is 1. The first-order valence-corrected chi connectivity index (χ1v) is 8.57. The lowest BCUT2D eigenvalue weighted by molar-refractivity contribution is -0.384. The summed E-state index contributed by atoms with van der Waals surface area (Å²) in [4.78, 5) is 22.4. The molecule has 2 heterocycles. The lowest BCUT2D eigenvalue weighted by atomic mass is 10.2. The molecule has 2 N–H and O–H groups in total. The minimum absolute atomic E-state index is 0.0580. The Labute approximate surface area is 161 Å². The van der Waals surface area contributed by atoms with E-state index in [9.17, 15) is 20.0 Å². The van der Waals surface area contributed by atoms with Crippen LogP contribution in [0.15, 0.2) is 34.9 Å². The van der Waals surface area contributed by atoms with Gasteiger partial charge in [0.2, 0.25) is 0 Å². The highest BCUT2D eigenvalue weighted by atomic mass is 79.9. The van der Waals surface area contributed by atoms with E-state index in [4.69, 9.17) is 0 Å². The molecule has 3 rings (SSSR count). The number of non-ortho nitro benzene ring substituents is 1. The van der Waals surface area contributed by atoms with Crippen molar-refractivity contribution in [1.82, 2.24) is 19.6 Å². The Bertz CT molecular complexity index is 1040. The van der Waals surface area contributed by atoms with Gasteiger partial charge in [0.05, 0.1) is 32.5 Å². The number of nitrogens with zero attached hydrogens (tertiary/aromatic N) is 5. The summed E-state index contributed by atoms with van der Waals surface area (Å²) in [5.41, 5.74) is 1.71. The zero-order chi connectivity index (χ0) is 19.7. The van der Waals surface area contributed by atoms with Gasteiger partial charge >= 0.3 is 0 Å². The number of amides is 1. The second-order valence-electron chi connectivity index (χ2n) is 5.78. The molecule has 0 aliphatic carbocycles. The van der Waals surface area contributed by atoms with Crippen LogP contribution in [0.5, 0.6) is 5.75 Å². The van der Waals surface area contributed by atoms with Crippen LogP contribution in [0.3, 0.4) is 0 Å². The van der Waals surface area contributed by atoms with E-state index in [1.165, 1.54) is 18.2 Å². The number of hydrogen-bond donors (Lipinski definition) is 2. The van der Waals surface area contributed by atoms with Gasteiger partial charge in [-0.1, -0.05) is 0 Å². The number of anilines is 1. The van der Waals surface area contributed by atoms with Crippen LogP contribution in [0, 0.1) is 24.0 Å². The second-order valence-corrected chi connectivity index (χ2v) is 6.57. The third kappa shape index (κ3) is 3.82. The zero-order valence-corrected chi connectivity index (χ0v) is 16.0. The molecule has 0 saturated heterocycles. The Morgan fingerprint density at radius 2 is 2.07 bits per heavy atom. The monoisotopic (exact) mass is 434 g/mol. The minimum atomic E-state index is -0.635. The number of hydrogen-bond acceptors (Lipinski definition) is 6. The van der Waals surface area contributed by atoms with E-state index in [1.54, 1.807) is 15.6 Å². The summed E-state index contributed by atoms with van der Waals surface area (Å²) in [6.45, 7) is 4.12. The van der Waals surface area contributed by atoms with E-state index in [-0.39, 0.29) is 17.1 Å². The van der Waals surface area contributed by atoms with Crippen LogP contribution >= 0.6 is 15.9 Å². The molecule has 0 unspecified atom stereocenters. The Morgan fingerprint density at radius 3 is 2.67 bits per heavy atom. The summed E-state index contributed by atoms with van der Waals surface area (Å²) in [6, 6.07) is 4.94. The maximum atomic E-state index is 12.3. The first kappa shape index (κ1) is 18.6. The number of nitro groups is 1. The van der Waals surface area contributed by atoms with Gasteiger partial charge in [0.15, 0.2) is 5.69 Å². The summed E-state index contributed by atoms with van der Waals surface area (Å²) < 4.78 is 4.22. The van der Waals surface area contributed by atoms with Crippen LogP contribution in [-0.2, 0) is 6.67 Å². The predicted molar refractivity (Wildman–Crippen MR) is 99.7 cm³/mol. The van der Waals surface area contributed by atoms with Crippen molar-refractivity contribution in [1.29, 1.82) is 0 Å². The second kappa shape index (κ2) is 7.19. The molecule has 11 heteroatoms. The molecule has 3 aromatic rings. The minimum Gasteiger partial charge on any atom is -0.506 e. The van der Waals surface area contributed by atoms with Crippen LogP contribution in [-0.4, -0.2) is 35.5 Å². The molecule has 27 heavy (non-hydrogen) atoms. The highest BCUT2D eigenvalue weighted by Gasteiger charge is 2.16. The van der Waals surface area contributed by atoms with Crippen molar-refractivity contribution in [2.24, 2.45) is 0 Å². The zero-order valence-electron chi connectivity index (χ0n) is 14.4. The summed E-state index contributed by atoms with van der Waals surface area (Å²) in [5, 5.41) is 31.6. The normalized spacial score (nSPS) is 10.8. The highest BCUT2D eigenvalue weighted by Crippen LogP contribution is 2.28. The molecule has 0 radical (unpaired) electrons. The molecular formula is C16H15BrN6O4. The summed E-state index contributed by atoms with van der Waals surface area (Å²) in [5.74, 6) is -0.947. The molecule has 0 bridgehead atoms. The third-order valence-corrected chi connectivity index (χ3v) is 5.03. The van der Waals surface area contributed by atoms with Crippen LogP contribution in [0.4, 0.5) is 11.4 Å². The number of carbonyl (C=O) groups excluding carboxylic acids is 1. The number of rotatable bonds is 5. The smallest absolute Gasteiger partial charge is 0.276 e. The molecule has 0 saturated carbocycles. The van der Waals surface area contributed by atoms with Gasteiger partial charge in [0.1, 0.15) is 12.4 Å². The topological polar surface area (TPSA) is 128 Å². The number of phenols is 1. The number of nitrogens with one attached hydrogen (secondary N) is 1.